The molecule has 1 amide bonds. The lowest BCUT2D eigenvalue weighted by Gasteiger charge is -2.14. The van der Waals surface area contributed by atoms with Gasteiger partial charge in [0, 0.05) is 12.1 Å². The number of amides is 1. The van der Waals surface area contributed by atoms with Gasteiger partial charge in [0.15, 0.2) is 5.69 Å². The number of aromatic nitrogens is 2. The molecule has 0 unspecified atom stereocenters. The quantitative estimate of drug-likeness (QED) is 0.879. The lowest BCUT2D eigenvalue weighted by Crippen LogP contribution is -2.39. The van der Waals surface area contributed by atoms with Crippen molar-refractivity contribution >= 4 is 11.4 Å². The predicted octanol–water partition coefficient (Wildman–Crippen LogP) is 1.71. The Morgan fingerprint density at radius 2 is 2.19 bits per heavy atom. The Labute approximate surface area is 123 Å². The van der Waals surface area contributed by atoms with E-state index in [1.165, 1.54) is 0 Å². The summed E-state index contributed by atoms with van der Waals surface area (Å²) < 4.78 is 2.03. The van der Waals surface area contributed by atoms with Crippen molar-refractivity contribution < 1.29 is 9.90 Å². The molecule has 0 saturated heterocycles. The minimum atomic E-state index is -0.170. The zero-order chi connectivity index (χ0) is 14.4. The van der Waals surface area contributed by atoms with E-state index in [4.69, 9.17) is 0 Å². The molecule has 4 rings (SSSR count). The first kappa shape index (κ1) is 12.8. The first-order chi connectivity index (χ1) is 10.3. The third-order valence-electron chi connectivity index (χ3n) is 4.44. The molecule has 110 valence electrons. The number of imidazole rings is 1. The molecule has 0 spiro atoms. The van der Waals surface area contributed by atoms with E-state index in [1.807, 2.05) is 28.8 Å². The lowest BCUT2D eigenvalue weighted by molar-refractivity contribution is 0.0905. The van der Waals surface area contributed by atoms with Gasteiger partial charge in [-0.1, -0.05) is 6.07 Å². The summed E-state index contributed by atoms with van der Waals surface area (Å²) in [5, 5.41) is 12.4. The second-order valence-electron chi connectivity index (χ2n) is 6.15. The van der Waals surface area contributed by atoms with E-state index in [0.717, 1.165) is 37.0 Å². The molecule has 2 aliphatic carbocycles. The van der Waals surface area contributed by atoms with Gasteiger partial charge >= 0.3 is 0 Å². The minimum absolute atomic E-state index is 0.00231. The Morgan fingerprint density at radius 1 is 1.38 bits per heavy atom. The molecule has 1 atom stereocenters. The molecular formula is C16H19N3O2. The van der Waals surface area contributed by atoms with E-state index < -0.39 is 0 Å². The normalized spacial score (nSPS) is 19.7. The Kier molecular flexibility index (Phi) is 2.96. The molecule has 21 heavy (non-hydrogen) atoms. The van der Waals surface area contributed by atoms with Gasteiger partial charge in [-0.05, 0) is 43.7 Å². The molecular weight excluding hydrogens is 266 g/mol. The fourth-order valence-electron chi connectivity index (χ4n) is 2.91. The molecule has 2 N–H and O–H groups in total. The highest BCUT2D eigenvalue weighted by atomic mass is 16.3. The van der Waals surface area contributed by atoms with Gasteiger partial charge in [0.05, 0.1) is 18.2 Å². The van der Waals surface area contributed by atoms with Crippen molar-refractivity contribution in [2.24, 2.45) is 5.92 Å². The zero-order valence-corrected chi connectivity index (χ0v) is 11.8. The second-order valence-corrected chi connectivity index (χ2v) is 6.15. The van der Waals surface area contributed by atoms with Gasteiger partial charge in [0.25, 0.3) is 5.91 Å². The number of rotatable bonds is 5. The van der Waals surface area contributed by atoms with Crippen LogP contribution in [0.2, 0.25) is 0 Å². The van der Waals surface area contributed by atoms with E-state index in [1.54, 1.807) is 0 Å². The van der Waals surface area contributed by atoms with Crippen LogP contribution in [0, 0.1) is 5.92 Å². The zero-order valence-electron chi connectivity index (χ0n) is 11.8. The highest BCUT2D eigenvalue weighted by Crippen LogP contribution is 2.40. The van der Waals surface area contributed by atoms with Crippen LogP contribution in [-0.4, -0.2) is 33.0 Å². The van der Waals surface area contributed by atoms with E-state index in [0.29, 0.717) is 17.5 Å². The van der Waals surface area contributed by atoms with E-state index in [-0.39, 0.29) is 18.6 Å². The van der Waals surface area contributed by atoms with Crippen LogP contribution in [0.3, 0.4) is 0 Å². The Bertz CT molecular complexity index is 686. The Balaban J connectivity index is 1.67. The van der Waals surface area contributed by atoms with Gasteiger partial charge in [-0.2, -0.15) is 0 Å². The third-order valence-corrected chi connectivity index (χ3v) is 4.44. The molecule has 0 bridgehead atoms. The largest absolute Gasteiger partial charge is 0.394 e. The first-order valence-electron chi connectivity index (χ1n) is 7.66. The summed E-state index contributed by atoms with van der Waals surface area (Å²) in [6, 6.07) is 5.68. The maximum atomic E-state index is 12.5. The van der Waals surface area contributed by atoms with Crippen LogP contribution in [0.25, 0.3) is 5.52 Å². The van der Waals surface area contributed by atoms with Crippen LogP contribution in [0.4, 0.5) is 0 Å². The molecule has 2 aliphatic rings. The van der Waals surface area contributed by atoms with Crippen LogP contribution in [0.15, 0.2) is 24.4 Å². The molecule has 0 radical (unpaired) electrons. The summed E-state index contributed by atoms with van der Waals surface area (Å²) in [5.41, 5.74) is 1.33. The fourth-order valence-corrected chi connectivity index (χ4v) is 2.91. The van der Waals surface area contributed by atoms with Crippen LogP contribution < -0.4 is 5.32 Å². The smallest absolute Gasteiger partial charge is 0.272 e. The van der Waals surface area contributed by atoms with Gasteiger partial charge in [0.2, 0.25) is 0 Å². The molecule has 2 fully saturated rings. The standard InChI is InChI=1S/C16H19N3O2/c20-9-12(10-4-5-10)17-16(21)14-13-3-1-2-8-19(13)15(18-14)11-6-7-11/h1-3,8,10-12,20H,4-7,9H2,(H,17,21)/t12-/m0/s1. The van der Waals surface area contributed by atoms with Crippen LogP contribution in [-0.2, 0) is 0 Å². The summed E-state index contributed by atoms with van der Waals surface area (Å²) >= 11 is 0. The van der Waals surface area contributed by atoms with Crippen molar-refractivity contribution in [2.75, 3.05) is 6.61 Å². The number of hydrogen-bond acceptors (Lipinski definition) is 3. The van der Waals surface area contributed by atoms with Crippen LogP contribution in [0.1, 0.15) is 47.9 Å². The summed E-state index contributed by atoms with van der Waals surface area (Å²) in [6.45, 7) is -0.00231. The van der Waals surface area contributed by atoms with E-state index in [2.05, 4.69) is 10.3 Å². The molecule has 0 aromatic carbocycles. The molecule has 2 heterocycles. The predicted molar refractivity (Wildman–Crippen MR) is 78.2 cm³/mol. The third kappa shape index (κ3) is 2.31. The summed E-state index contributed by atoms with van der Waals surface area (Å²) in [4.78, 5) is 17.1. The first-order valence-corrected chi connectivity index (χ1v) is 7.66. The van der Waals surface area contributed by atoms with Gasteiger partial charge in [-0.25, -0.2) is 4.98 Å². The van der Waals surface area contributed by atoms with Gasteiger partial charge in [0.1, 0.15) is 5.82 Å². The van der Waals surface area contributed by atoms with E-state index >= 15 is 0 Å². The number of carbonyl (C=O) groups excluding carboxylic acids is 1. The van der Waals surface area contributed by atoms with Crippen LogP contribution in [0.5, 0.6) is 0 Å². The maximum absolute atomic E-state index is 12.5. The number of aliphatic hydroxyl groups excluding tert-OH is 1. The number of nitrogens with zero attached hydrogens (tertiary/aromatic N) is 2. The number of carbonyl (C=O) groups is 1. The molecule has 2 aromatic rings. The van der Waals surface area contributed by atoms with Crippen molar-refractivity contribution in [2.45, 2.75) is 37.6 Å². The molecule has 2 saturated carbocycles. The number of fused-ring (bicyclic) bond motifs is 1. The minimum Gasteiger partial charge on any atom is -0.394 e. The Hall–Kier alpha value is -1.88. The second kappa shape index (κ2) is 4.84. The topological polar surface area (TPSA) is 66.6 Å². The van der Waals surface area contributed by atoms with Gasteiger partial charge in [-0.3, -0.25) is 4.79 Å². The Morgan fingerprint density at radius 3 is 2.86 bits per heavy atom. The highest BCUT2D eigenvalue weighted by molar-refractivity contribution is 5.99. The summed E-state index contributed by atoms with van der Waals surface area (Å²) in [6.07, 6.45) is 6.44. The molecule has 5 heteroatoms. The average molecular weight is 285 g/mol. The highest BCUT2D eigenvalue weighted by Gasteiger charge is 2.34. The number of aliphatic hydroxyl groups is 1. The van der Waals surface area contributed by atoms with Crippen molar-refractivity contribution in [3.63, 3.8) is 0 Å². The maximum Gasteiger partial charge on any atom is 0.272 e. The van der Waals surface area contributed by atoms with Gasteiger partial charge in [-0.15, -0.1) is 0 Å². The summed E-state index contributed by atoms with van der Waals surface area (Å²) in [7, 11) is 0. The molecule has 2 aromatic heterocycles. The SMILES string of the molecule is O=C(N[C@@H](CO)C1CC1)c1nc(C2CC2)n2ccccc12. The van der Waals surface area contributed by atoms with Crippen molar-refractivity contribution in [1.29, 1.82) is 0 Å². The van der Waals surface area contributed by atoms with Crippen molar-refractivity contribution in [3.8, 4) is 0 Å². The van der Waals surface area contributed by atoms with Gasteiger partial charge < -0.3 is 14.8 Å². The number of hydrogen-bond donors (Lipinski definition) is 2. The van der Waals surface area contributed by atoms with Crippen molar-refractivity contribution in [3.05, 3.63) is 35.9 Å². The monoisotopic (exact) mass is 285 g/mol. The average Bonchev–Trinajstić information content (AvgIpc) is 3.41. The molecule has 5 nitrogen and oxygen atoms in total. The van der Waals surface area contributed by atoms with Crippen molar-refractivity contribution in [1.82, 2.24) is 14.7 Å². The van der Waals surface area contributed by atoms with Crippen LogP contribution >= 0.6 is 0 Å². The molecule has 0 aliphatic heterocycles. The van der Waals surface area contributed by atoms with E-state index in [9.17, 15) is 9.90 Å². The lowest BCUT2D eigenvalue weighted by atomic mass is 10.2. The number of nitrogens with one attached hydrogen (secondary N) is 1. The fraction of sp³-hybridized carbons (Fsp3) is 0.500. The summed E-state index contributed by atoms with van der Waals surface area (Å²) in [5.74, 6) is 1.73. The number of pyridine rings is 1.